The molecule has 0 atom stereocenters. The van der Waals surface area contributed by atoms with Crippen LogP contribution in [0.1, 0.15) is 90.9 Å². The average Bonchev–Trinajstić information content (AvgIpc) is 2.62. The van der Waals surface area contributed by atoms with Crippen LogP contribution >= 0.6 is 25.3 Å². The Hall–Kier alpha value is -0.360. The van der Waals surface area contributed by atoms with E-state index in [1.807, 2.05) is 0 Å². The summed E-state index contributed by atoms with van der Waals surface area (Å²) in [5.74, 6) is 0.256. The smallest absolute Gasteiger partial charge is 0.306 e. The molecule has 0 aliphatic carbocycles. The van der Waals surface area contributed by atoms with Gasteiger partial charge in [0.05, 0.1) is 12.8 Å². The van der Waals surface area contributed by atoms with Crippen molar-refractivity contribution in [2.24, 2.45) is 0 Å². The Morgan fingerprint density at radius 1 is 0.615 bits per heavy atom. The summed E-state index contributed by atoms with van der Waals surface area (Å²) < 4.78 is 9.45. The Morgan fingerprint density at radius 3 is 1.19 bits per heavy atom. The van der Waals surface area contributed by atoms with Gasteiger partial charge in [0, 0.05) is 11.5 Å². The molecule has 26 heavy (non-hydrogen) atoms. The van der Waals surface area contributed by atoms with Gasteiger partial charge in [0.1, 0.15) is 13.2 Å². The summed E-state index contributed by atoms with van der Waals surface area (Å²) in [6.07, 6.45) is 15.0. The SMILES string of the molecule is CCCCCCCCCCCC.O=C(CCS)OCCOC(=O)CCS. The molecule has 6 heteroatoms. The summed E-state index contributed by atoms with van der Waals surface area (Å²) in [6.45, 7) is 4.76. The second-order valence-corrected chi connectivity index (χ2v) is 7.11. The predicted molar refractivity (Wildman–Crippen MR) is 116 cm³/mol. The molecule has 0 saturated carbocycles. The van der Waals surface area contributed by atoms with Crippen molar-refractivity contribution in [1.82, 2.24) is 0 Å². The van der Waals surface area contributed by atoms with E-state index < -0.39 is 0 Å². The summed E-state index contributed by atoms with van der Waals surface area (Å²) in [5.41, 5.74) is 0. The third kappa shape index (κ3) is 25.9. The van der Waals surface area contributed by atoms with Gasteiger partial charge in [-0.15, -0.1) is 0 Å². The molecule has 0 aromatic rings. The Kier molecular flexibility index (Phi) is 26.4. The normalized spacial score (nSPS) is 10.0. The molecule has 156 valence electrons. The number of hydrogen-bond acceptors (Lipinski definition) is 6. The first-order valence-electron chi connectivity index (χ1n) is 10.1. The van der Waals surface area contributed by atoms with Crippen LogP contribution in [0.25, 0.3) is 0 Å². The highest BCUT2D eigenvalue weighted by atomic mass is 32.1. The van der Waals surface area contributed by atoms with Gasteiger partial charge in [0.25, 0.3) is 0 Å². The van der Waals surface area contributed by atoms with Gasteiger partial charge >= 0.3 is 11.9 Å². The van der Waals surface area contributed by atoms with Crippen molar-refractivity contribution in [1.29, 1.82) is 0 Å². The van der Waals surface area contributed by atoms with Crippen molar-refractivity contribution in [2.75, 3.05) is 24.7 Å². The molecule has 0 saturated heterocycles. The molecular formula is C20H40O4S2. The summed E-state index contributed by atoms with van der Waals surface area (Å²) in [4.78, 5) is 21.6. The van der Waals surface area contributed by atoms with Gasteiger partial charge in [0.15, 0.2) is 0 Å². The minimum atomic E-state index is -0.328. The molecule has 0 radical (unpaired) electrons. The van der Waals surface area contributed by atoms with E-state index in [4.69, 9.17) is 9.47 Å². The third-order valence-corrected chi connectivity index (χ3v) is 4.15. The molecule has 0 rings (SSSR count). The average molecular weight is 409 g/mol. The Morgan fingerprint density at radius 2 is 0.923 bits per heavy atom. The van der Waals surface area contributed by atoms with Crippen molar-refractivity contribution >= 4 is 37.2 Å². The summed E-state index contributed by atoms with van der Waals surface area (Å²) in [6, 6.07) is 0. The van der Waals surface area contributed by atoms with Crippen LogP contribution in [0, 0.1) is 0 Å². The van der Waals surface area contributed by atoms with Crippen molar-refractivity contribution in [3.63, 3.8) is 0 Å². The fourth-order valence-corrected chi connectivity index (χ4v) is 2.56. The standard InChI is InChI=1S/C12H26.C8H14O4S2/c1-3-5-7-9-11-12-10-8-6-4-2;9-7(1-5-13)11-3-4-12-8(10)2-6-14/h3-12H2,1-2H3;13-14H,1-6H2. The van der Waals surface area contributed by atoms with E-state index in [-0.39, 0.29) is 38.0 Å². The molecule has 0 heterocycles. The van der Waals surface area contributed by atoms with Gasteiger partial charge in [-0.25, -0.2) is 0 Å². The van der Waals surface area contributed by atoms with E-state index in [9.17, 15) is 9.59 Å². The topological polar surface area (TPSA) is 52.6 Å². The van der Waals surface area contributed by atoms with Gasteiger partial charge in [-0.3, -0.25) is 9.59 Å². The number of thiol groups is 2. The first-order valence-corrected chi connectivity index (χ1v) is 11.4. The van der Waals surface area contributed by atoms with Crippen LogP contribution in [-0.2, 0) is 19.1 Å². The molecule has 0 fully saturated rings. The van der Waals surface area contributed by atoms with Crippen LogP contribution in [0.3, 0.4) is 0 Å². The monoisotopic (exact) mass is 408 g/mol. The summed E-state index contributed by atoms with van der Waals surface area (Å²) in [5, 5.41) is 0. The zero-order chi connectivity index (χ0) is 19.9. The maximum atomic E-state index is 10.8. The Balaban J connectivity index is 0. The fourth-order valence-electron chi connectivity index (χ4n) is 2.20. The molecule has 0 aromatic heterocycles. The minimum absolute atomic E-state index is 0.102. The quantitative estimate of drug-likeness (QED) is 0.197. The molecule has 0 unspecified atom stereocenters. The second kappa shape index (κ2) is 24.6. The number of carbonyl (C=O) groups is 2. The molecule has 0 aliphatic rings. The maximum absolute atomic E-state index is 10.8. The highest BCUT2D eigenvalue weighted by Crippen LogP contribution is 2.09. The van der Waals surface area contributed by atoms with E-state index in [1.54, 1.807) is 0 Å². The molecule has 0 N–H and O–H groups in total. The molecular weight excluding hydrogens is 368 g/mol. The van der Waals surface area contributed by atoms with Crippen LogP contribution in [0.15, 0.2) is 0 Å². The van der Waals surface area contributed by atoms with Crippen LogP contribution in [0.5, 0.6) is 0 Å². The van der Waals surface area contributed by atoms with Crippen molar-refractivity contribution in [3.8, 4) is 0 Å². The van der Waals surface area contributed by atoms with Crippen LogP contribution < -0.4 is 0 Å². The summed E-state index contributed by atoms with van der Waals surface area (Å²) in [7, 11) is 0. The maximum Gasteiger partial charge on any atom is 0.306 e. The highest BCUT2D eigenvalue weighted by Gasteiger charge is 2.03. The van der Waals surface area contributed by atoms with E-state index >= 15 is 0 Å². The Labute approximate surface area is 172 Å². The number of hydrogen-bond donors (Lipinski definition) is 2. The number of ether oxygens (including phenoxy) is 2. The lowest BCUT2D eigenvalue weighted by molar-refractivity contribution is -0.151. The zero-order valence-electron chi connectivity index (χ0n) is 16.8. The zero-order valence-corrected chi connectivity index (χ0v) is 18.6. The van der Waals surface area contributed by atoms with Gasteiger partial charge in [-0.1, -0.05) is 78.1 Å². The lowest BCUT2D eigenvalue weighted by Crippen LogP contribution is -2.14. The molecule has 0 bridgehead atoms. The van der Waals surface area contributed by atoms with Crippen LogP contribution in [0.2, 0.25) is 0 Å². The minimum Gasteiger partial charge on any atom is -0.462 e. The predicted octanol–water partition coefficient (Wildman–Crippen LogP) is 5.64. The number of esters is 2. The lowest BCUT2D eigenvalue weighted by atomic mass is 10.1. The van der Waals surface area contributed by atoms with E-state index in [1.165, 1.54) is 64.2 Å². The third-order valence-electron chi connectivity index (χ3n) is 3.70. The lowest BCUT2D eigenvalue weighted by Gasteiger charge is -2.04. The fraction of sp³-hybridized carbons (Fsp3) is 0.900. The van der Waals surface area contributed by atoms with Crippen LogP contribution in [0.4, 0.5) is 0 Å². The van der Waals surface area contributed by atoms with Crippen molar-refractivity contribution in [2.45, 2.75) is 90.9 Å². The van der Waals surface area contributed by atoms with Crippen molar-refractivity contribution in [3.05, 3.63) is 0 Å². The first kappa shape index (κ1) is 27.9. The molecule has 4 nitrogen and oxygen atoms in total. The van der Waals surface area contributed by atoms with Gasteiger partial charge < -0.3 is 9.47 Å². The molecule has 0 aromatic carbocycles. The van der Waals surface area contributed by atoms with E-state index in [0.29, 0.717) is 11.5 Å². The molecule has 0 amide bonds. The van der Waals surface area contributed by atoms with Crippen molar-refractivity contribution < 1.29 is 19.1 Å². The number of carbonyl (C=O) groups excluding carboxylic acids is 2. The first-order chi connectivity index (χ1) is 12.6. The Bertz CT molecular complexity index is 282. The highest BCUT2D eigenvalue weighted by molar-refractivity contribution is 7.80. The number of unbranched alkanes of at least 4 members (excludes halogenated alkanes) is 9. The van der Waals surface area contributed by atoms with Gasteiger partial charge in [-0.2, -0.15) is 25.3 Å². The molecule has 0 aliphatic heterocycles. The second-order valence-electron chi connectivity index (χ2n) is 6.22. The largest absolute Gasteiger partial charge is 0.462 e. The van der Waals surface area contributed by atoms with Gasteiger partial charge in [-0.05, 0) is 0 Å². The summed E-state index contributed by atoms with van der Waals surface area (Å²) >= 11 is 7.74. The van der Waals surface area contributed by atoms with Gasteiger partial charge in [0.2, 0.25) is 0 Å². The van der Waals surface area contributed by atoms with Crippen LogP contribution in [-0.4, -0.2) is 36.7 Å². The number of rotatable bonds is 16. The van der Waals surface area contributed by atoms with E-state index in [0.717, 1.165) is 0 Å². The molecule has 0 spiro atoms. The van der Waals surface area contributed by atoms with E-state index in [2.05, 4.69) is 39.1 Å².